The predicted octanol–water partition coefficient (Wildman–Crippen LogP) is 2.23. The lowest BCUT2D eigenvalue weighted by molar-refractivity contribution is 0.254. The van der Waals surface area contributed by atoms with E-state index in [0.717, 1.165) is 5.56 Å². The first-order chi connectivity index (χ1) is 6.99. The number of hydrogen-bond acceptors (Lipinski definition) is 2. The first kappa shape index (κ1) is 11.1. The van der Waals surface area contributed by atoms with Crippen LogP contribution in [0.5, 0.6) is 0 Å². The highest BCUT2D eigenvalue weighted by molar-refractivity contribution is 5.93. The average Bonchev–Trinajstić information content (AvgIpc) is 2.08. The Labute approximate surface area is 89.2 Å². The number of carbonyl (C=O) groups excluding carboxylic acids is 1. The van der Waals surface area contributed by atoms with Crippen molar-refractivity contribution in [1.82, 2.24) is 5.32 Å². The summed E-state index contributed by atoms with van der Waals surface area (Å²) in [5.74, 6) is 0. The van der Waals surface area contributed by atoms with Gasteiger partial charge in [-0.15, -0.1) is 0 Å². The van der Waals surface area contributed by atoms with Crippen molar-refractivity contribution < 1.29 is 4.79 Å². The molecule has 4 nitrogen and oxygen atoms in total. The van der Waals surface area contributed by atoms with Crippen molar-refractivity contribution in [1.29, 1.82) is 0 Å². The van der Waals surface area contributed by atoms with Crippen LogP contribution in [0.3, 0.4) is 0 Å². The zero-order chi connectivity index (χ0) is 11.4. The second-order valence-electron chi connectivity index (χ2n) is 3.45. The number of nitrogens with two attached hydrogens (primary N) is 1. The monoisotopic (exact) mass is 205 g/mol. The van der Waals surface area contributed by atoms with Crippen LogP contribution in [-0.4, -0.2) is 6.03 Å². The lowest BCUT2D eigenvalue weighted by Crippen LogP contribution is -2.26. The summed E-state index contributed by atoms with van der Waals surface area (Å²) in [5.41, 5.74) is 8.52. The van der Waals surface area contributed by atoms with E-state index in [1.54, 1.807) is 19.1 Å². The molecule has 0 aliphatic carbocycles. The van der Waals surface area contributed by atoms with Crippen LogP contribution in [0.2, 0.25) is 0 Å². The number of anilines is 2. The van der Waals surface area contributed by atoms with Crippen LogP contribution in [0, 0.1) is 6.92 Å². The summed E-state index contributed by atoms with van der Waals surface area (Å²) in [7, 11) is 0. The molecular formula is C11H15N3O. The molecule has 0 radical (unpaired) electrons. The van der Waals surface area contributed by atoms with Gasteiger partial charge in [0.05, 0.1) is 11.4 Å². The first-order valence-electron chi connectivity index (χ1n) is 4.58. The van der Waals surface area contributed by atoms with Crippen molar-refractivity contribution in [2.24, 2.45) is 0 Å². The van der Waals surface area contributed by atoms with E-state index in [2.05, 4.69) is 17.2 Å². The van der Waals surface area contributed by atoms with Crippen LogP contribution in [0.1, 0.15) is 12.5 Å². The minimum absolute atomic E-state index is 0.335. The van der Waals surface area contributed by atoms with Crippen molar-refractivity contribution in [2.75, 3.05) is 11.1 Å². The Kier molecular flexibility index (Phi) is 3.33. The molecule has 2 amide bonds. The Morgan fingerprint density at radius 1 is 1.47 bits per heavy atom. The number of rotatable bonds is 2. The van der Waals surface area contributed by atoms with Crippen molar-refractivity contribution in [3.63, 3.8) is 0 Å². The van der Waals surface area contributed by atoms with E-state index in [9.17, 15) is 4.79 Å². The highest BCUT2D eigenvalue weighted by Crippen LogP contribution is 2.19. The van der Waals surface area contributed by atoms with Gasteiger partial charge in [0.1, 0.15) is 0 Å². The lowest BCUT2D eigenvalue weighted by atomic mass is 10.2. The third kappa shape index (κ3) is 3.34. The fraction of sp³-hybridized carbons (Fsp3) is 0.182. The first-order valence-corrected chi connectivity index (χ1v) is 4.58. The van der Waals surface area contributed by atoms with Gasteiger partial charge in [-0.1, -0.05) is 12.6 Å². The molecule has 1 aromatic carbocycles. The van der Waals surface area contributed by atoms with E-state index in [0.29, 0.717) is 17.1 Å². The molecule has 4 heteroatoms. The molecule has 0 aliphatic rings. The van der Waals surface area contributed by atoms with E-state index in [1.807, 2.05) is 13.0 Å². The summed E-state index contributed by atoms with van der Waals surface area (Å²) in [6.07, 6.45) is 0. The predicted molar refractivity (Wildman–Crippen MR) is 62.6 cm³/mol. The molecular weight excluding hydrogens is 190 g/mol. The van der Waals surface area contributed by atoms with Gasteiger partial charge in [-0.3, -0.25) is 0 Å². The van der Waals surface area contributed by atoms with E-state index in [1.165, 1.54) is 0 Å². The summed E-state index contributed by atoms with van der Waals surface area (Å²) < 4.78 is 0. The van der Waals surface area contributed by atoms with Crippen LogP contribution in [0.25, 0.3) is 0 Å². The number of urea groups is 1. The van der Waals surface area contributed by atoms with E-state index in [-0.39, 0.29) is 6.03 Å². The third-order valence-electron chi connectivity index (χ3n) is 1.78. The molecule has 0 bridgehead atoms. The van der Waals surface area contributed by atoms with E-state index in [4.69, 9.17) is 5.73 Å². The van der Waals surface area contributed by atoms with Gasteiger partial charge >= 0.3 is 6.03 Å². The van der Waals surface area contributed by atoms with Gasteiger partial charge in [-0.2, -0.15) is 0 Å². The fourth-order valence-corrected chi connectivity index (χ4v) is 1.14. The Balaban J connectivity index is 2.72. The molecule has 0 spiro atoms. The molecule has 4 N–H and O–H groups in total. The molecule has 1 aromatic rings. The van der Waals surface area contributed by atoms with Crippen molar-refractivity contribution in [3.8, 4) is 0 Å². The van der Waals surface area contributed by atoms with E-state index >= 15 is 0 Å². The number of aryl methyl sites for hydroxylation is 1. The smallest absolute Gasteiger partial charge is 0.323 e. The van der Waals surface area contributed by atoms with Crippen LogP contribution in [0.4, 0.5) is 16.2 Å². The summed E-state index contributed by atoms with van der Waals surface area (Å²) in [6.45, 7) is 7.22. The molecule has 1 rings (SSSR count). The molecule has 0 atom stereocenters. The molecule has 0 saturated heterocycles. The second kappa shape index (κ2) is 4.50. The van der Waals surface area contributed by atoms with Crippen LogP contribution in [0.15, 0.2) is 30.5 Å². The summed E-state index contributed by atoms with van der Waals surface area (Å²) in [5, 5.41) is 5.17. The number of nitrogen functional groups attached to an aromatic ring is 1. The molecule has 0 aliphatic heterocycles. The number of carbonyl (C=O) groups is 1. The van der Waals surface area contributed by atoms with Gasteiger partial charge in [0.15, 0.2) is 0 Å². The quantitative estimate of drug-likeness (QED) is 0.648. The zero-order valence-electron chi connectivity index (χ0n) is 8.92. The standard InChI is InChI=1S/C11H15N3O/c1-7(2)13-11(15)14-10-5-4-8(3)6-9(10)12/h4-6H,1,12H2,2-3H3,(H2,13,14,15). The molecule has 0 saturated carbocycles. The van der Waals surface area contributed by atoms with Crippen molar-refractivity contribution >= 4 is 17.4 Å². The number of nitrogens with one attached hydrogen (secondary N) is 2. The maximum Gasteiger partial charge on any atom is 0.323 e. The fourth-order valence-electron chi connectivity index (χ4n) is 1.14. The van der Waals surface area contributed by atoms with Gasteiger partial charge in [0.25, 0.3) is 0 Å². The normalized spacial score (nSPS) is 9.47. The number of allylic oxidation sites excluding steroid dienone is 1. The van der Waals surface area contributed by atoms with Gasteiger partial charge in [0.2, 0.25) is 0 Å². The zero-order valence-corrected chi connectivity index (χ0v) is 8.92. The summed E-state index contributed by atoms with van der Waals surface area (Å²) >= 11 is 0. The summed E-state index contributed by atoms with van der Waals surface area (Å²) in [4.78, 5) is 11.3. The molecule has 80 valence electrons. The summed E-state index contributed by atoms with van der Waals surface area (Å²) in [6, 6.07) is 5.12. The van der Waals surface area contributed by atoms with Gasteiger partial charge in [-0.05, 0) is 31.5 Å². The van der Waals surface area contributed by atoms with Crippen molar-refractivity contribution in [2.45, 2.75) is 13.8 Å². The van der Waals surface area contributed by atoms with Crippen LogP contribution in [-0.2, 0) is 0 Å². The topological polar surface area (TPSA) is 67.2 Å². The van der Waals surface area contributed by atoms with Crippen LogP contribution < -0.4 is 16.4 Å². The molecule has 15 heavy (non-hydrogen) atoms. The highest BCUT2D eigenvalue weighted by Gasteiger charge is 2.03. The Bertz CT molecular complexity index is 399. The molecule has 0 heterocycles. The van der Waals surface area contributed by atoms with Crippen molar-refractivity contribution in [3.05, 3.63) is 36.0 Å². The van der Waals surface area contributed by atoms with Crippen LogP contribution >= 0.6 is 0 Å². The maximum atomic E-state index is 11.3. The Morgan fingerprint density at radius 2 is 2.13 bits per heavy atom. The molecule has 0 aromatic heterocycles. The number of benzene rings is 1. The van der Waals surface area contributed by atoms with E-state index < -0.39 is 0 Å². The van der Waals surface area contributed by atoms with Gasteiger partial charge in [-0.25, -0.2) is 4.79 Å². The Morgan fingerprint density at radius 3 is 2.67 bits per heavy atom. The number of amides is 2. The lowest BCUT2D eigenvalue weighted by Gasteiger charge is -2.09. The highest BCUT2D eigenvalue weighted by atomic mass is 16.2. The minimum Gasteiger partial charge on any atom is -0.397 e. The SMILES string of the molecule is C=C(C)NC(=O)Nc1ccc(C)cc1N. The van der Waals surface area contributed by atoms with Gasteiger partial charge < -0.3 is 16.4 Å². The number of hydrogen-bond donors (Lipinski definition) is 3. The third-order valence-corrected chi connectivity index (χ3v) is 1.78. The maximum absolute atomic E-state index is 11.3. The minimum atomic E-state index is -0.335. The van der Waals surface area contributed by atoms with Gasteiger partial charge in [0, 0.05) is 5.70 Å². The largest absolute Gasteiger partial charge is 0.397 e. The second-order valence-corrected chi connectivity index (χ2v) is 3.45. The molecule has 0 fully saturated rings. The molecule has 0 unspecified atom stereocenters. The Hall–Kier alpha value is -1.97. The average molecular weight is 205 g/mol.